The van der Waals surface area contributed by atoms with Crippen LogP contribution < -0.4 is 9.47 Å². The molecule has 26 heavy (non-hydrogen) atoms. The lowest BCUT2D eigenvalue weighted by Gasteiger charge is -2.13. The van der Waals surface area contributed by atoms with Gasteiger partial charge in [-0.1, -0.05) is 18.5 Å². The standard InChI is InChI=1S/C19H17ClN2O4/c1-3-8-26-19-17(20)10-13(11-18(19)25-2)9-15(12-21)14-4-6-16(7-5-14)22(23)24/h4-7,9-11H,3,8H2,1-2H3/b15-9+. The molecule has 0 radical (unpaired) electrons. The third kappa shape index (κ3) is 4.52. The molecule has 2 aromatic rings. The lowest BCUT2D eigenvalue weighted by Crippen LogP contribution is -1.99. The van der Waals surface area contributed by atoms with E-state index in [0.717, 1.165) is 6.42 Å². The fourth-order valence-corrected chi connectivity index (χ4v) is 2.55. The maximum Gasteiger partial charge on any atom is 0.269 e. The Hall–Kier alpha value is -3.04. The Morgan fingerprint density at radius 1 is 1.35 bits per heavy atom. The van der Waals surface area contributed by atoms with E-state index < -0.39 is 4.92 Å². The maximum atomic E-state index is 10.7. The molecule has 7 heteroatoms. The summed E-state index contributed by atoms with van der Waals surface area (Å²) in [4.78, 5) is 10.3. The number of hydrogen-bond donors (Lipinski definition) is 0. The second-order valence-corrected chi connectivity index (χ2v) is 5.76. The SMILES string of the molecule is CCCOc1c(Cl)cc(/C=C(\C#N)c2ccc([N+](=O)[O-])cc2)cc1OC. The number of nitro groups is 1. The van der Waals surface area contributed by atoms with Gasteiger partial charge in [0.25, 0.3) is 5.69 Å². The molecule has 6 nitrogen and oxygen atoms in total. The van der Waals surface area contributed by atoms with Crippen molar-refractivity contribution in [3.05, 3.63) is 62.7 Å². The van der Waals surface area contributed by atoms with Crippen molar-refractivity contribution in [3.63, 3.8) is 0 Å². The first kappa shape index (κ1) is 19.3. The van der Waals surface area contributed by atoms with Crippen molar-refractivity contribution in [3.8, 4) is 17.6 Å². The van der Waals surface area contributed by atoms with Gasteiger partial charge in [-0.15, -0.1) is 0 Å². The average molecular weight is 373 g/mol. The molecule has 0 spiro atoms. The number of methoxy groups -OCH3 is 1. The highest BCUT2D eigenvalue weighted by Crippen LogP contribution is 2.37. The Labute approximate surface area is 156 Å². The zero-order chi connectivity index (χ0) is 19.1. The van der Waals surface area contributed by atoms with Gasteiger partial charge in [0, 0.05) is 12.1 Å². The van der Waals surface area contributed by atoms with Gasteiger partial charge in [-0.3, -0.25) is 10.1 Å². The number of ether oxygens (including phenoxy) is 2. The zero-order valence-electron chi connectivity index (χ0n) is 14.4. The van der Waals surface area contributed by atoms with Crippen molar-refractivity contribution in [2.24, 2.45) is 0 Å². The quantitative estimate of drug-likeness (QED) is 0.292. The minimum absolute atomic E-state index is 0.0341. The van der Waals surface area contributed by atoms with E-state index in [2.05, 4.69) is 6.07 Å². The van der Waals surface area contributed by atoms with Crippen LogP contribution in [0, 0.1) is 21.4 Å². The Morgan fingerprint density at radius 3 is 2.58 bits per heavy atom. The van der Waals surface area contributed by atoms with E-state index in [9.17, 15) is 15.4 Å². The van der Waals surface area contributed by atoms with Crippen LogP contribution in [0.1, 0.15) is 24.5 Å². The molecule has 0 amide bonds. The zero-order valence-corrected chi connectivity index (χ0v) is 15.1. The van der Waals surface area contributed by atoms with Gasteiger partial charge >= 0.3 is 0 Å². The molecular weight excluding hydrogens is 356 g/mol. The smallest absolute Gasteiger partial charge is 0.269 e. The van der Waals surface area contributed by atoms with E-state index in [1.165, 1.54) is 31.4 Å². The number of non-ortho nitro benzene ring substituents is 1. The third-order valence-electron chi connectivity index (χ3n) is 3.52. The summed E-state index contributed by atoms with van der Waals surface area (Å²) in [5.41, 5.74) is 1.54. The lowest BCUT2D eigenvalue weighted by atomic mass is 10.0. The topological polar surface area (TPSA) is 85.4 Å². The van der Waals surface area contributed by atoms with Crippen LogP contribution in [-0.2, 0) is 0 Å². The monoisotopic (exact) mass is 372 g/mol. The van der Waals surface area contributed by atoms with Gasteiger partial charge in [-0.25, -0.2) is 0 Å². The summed E-state index contributed by atoms with van der Waals surface area (Å²) in [5.74, 6) is 0.931. The van der Waals surface area contributed by atoms with E-state index in [1.807, 2.05) is 6.92 Å². The van der Waals surface area contributed by atoms with Crippen LogP contribution in [-0.4, -0.2) is 18.6 Å². The molecule has 0 unspecified atom stereocenters. The van der Waals surface area contributed by atoms with E-state index in [1.54, 1.807) is 18.2 Å². The van der Waals surface area contributed by atoms with E-state index in [4.69, 9.17) is 21.1 Å². The Morgan fingerprint density at radius 2 is 2.04 bits per heavy atom. The van der Waals surface area contributed by atoms with Gasteiger partial charge in [0.05, 0.1) is 35.3 Å². The highest BCUT2D eigenvalue weighted by molar-refractivity contribution is 6.32. The van der Waals surface area contributed by atoms with Gasteiger partial charge in [-0.2, -0.15) is 5.26 Å². The minimum atomic E-state index is -0.487. The van der Waals surface area contributed by atoms with Crippen LogP contribution in [0.3, 0.4) is 0 Å². The van der Waals surface area contributed by atoms with E-state index in [-0.39, 0.29) is 5.69 Å². The van der Waals surface area contributed by atoms with Crippen molar-refractivity contribution >= 4 is 28.9 Å². The van der Waals surface area contributed by atoms with Gasteiger partial charge < -0.3 is 9.47 Å². The molecule has 0 fully saturated rings. The first-order valence-electron chi connectivity index (χ1n) is 7.87. The Bertz CT molecular complexity index is 870. The minimum Gasteiger partial charge on any atom is -0.493 e. The molecule has 0 atom stereocenters. The van der Waals surface area contributed by atoms with Crippen molar-refractivity contribution in [2.75, 3.05) is 13.7 Å². The number of allylic oxidation sites excluding steroid dienone is 1. The van der Waals surface area contributed by atoms with Crippen LogP contribution in [0.5, 0.6) is 11.5 Å². The Balaban J connectivity index is 2.41. The number of nitrogens with zero attached hydrogens (tertiary/aromatic N) is 2. The number of halogens is 1. The predicted octanol–water partition coefficient (Wildman–Crippen LogP) is 5.11. The highest BCUT2D eigenvalue weighted by Gasteiger charge is 2.12. The molecule has 0 aromatic heterocycles. The van der Waals surface area contributed by atoms with Crippen LogP contribution in [0.15, 0.2) is 36.4 Å². The fraction of sp³-hybridized carbons (Fsp3) is 0.211. The van der Waals surface area contributed by atoms with Crippen LogP contribution in [0.4, 0.5) is 5.69 Å². The third-order valence-corrected chi connectivity index (χ3v) is 3.80. The number of rotatable bonds is 7. The molecule has 0 heterocycles. The normalized spacial score (nSPS) is 10.9. The number of hydrogen-bond acceptors (Lipinski definition) is 5. The predicted molar refractivity (Wildman–Crippen MR) is 100 cm³/mol. The van der Waals surface area contributed by atoms with Crippen molar-refractivity contribution in [1.82, 2.24) is 0 Å². The number of nitriles is 1. The number of nitro benzene ring substituents is 1. The molecule has 2 rings (SSSR count). The highest BCUT2D eigenvalue weighted by atomic mass is 35.5. The van der Waals surface area contributed by atoms with Gasteiger partial charge in [-0.05, 0) is 47.9 Å². The molecule has 0 saturated carbocycles. The van der Waals surface area contributed by atoms with Crippen LogP contribution in [0.2, 0.25) is 5.02 Å². The molecule has 0 bridgehead atoms. The molecule has 0 N–H and O–H groups in total. The molecule has 2 aromatic carbocycles. The molecule has 0 saturated heterocycles. The van der Waals surface area contributed by atoms with Crippen molar-refractivity contribution < 1.29 is 14.4 Å². The summed E-state index contributed by atoms with van der Waals surface area (Å²) in [6.07, 6.45) is 2.47. The molecule has 134 valence electrons. The first-order valence-corrected chi connectivity index (χ1v) is 8.25. The molecule has 0 aliphatic heterocycles. The first-order chi connectivity index (χ1) is 12.5. The van der Waals surface area contributed by atoms with E-state index in [0.29, 0.717) is 39.8 Å². The Kier molecular flexibility index (Phi) is 6.59. The van der Waals surface area contributed by atoms with Crippen molar-refractivity contribution in [2.45, 2.75) is 13.3 Å². The van der Waals surface area contributed by atoms with Gasteiger partial charge in [0.2, 0.25) is 0 Å². The van der Waals surface area contributed by atoms with E-state index >= 15 is 0 Å². The van der Waals surface area contributed by atoms with Gasteiger partial charge in [0.1, 0.15) is 0 Å². The second kappa shape index (κ2) is 8.88. The molecule has 0 aliphatic carbocycles. The maximum absolute atomic E-state index is 10.7. The summed E-state index contributed by atoms with van der Waals surface area (Å²) in [7, 11) is 1.51. The van der Waals surface area contributed by atoms with Crippen LogP contribution in [0.25, 0.3) is 11.6 Å². The average Bonchev–Trinajstić information content (AvgIpc) is 2.64. The molecular formula is C19H17ClN2O4. The summed E-state index contributed by atoms with van der Waals surface area (Å²) in [6, 6.07) is 11.3. The lowest BCUT2D eigenvalue weighted by molar-refractivity contribution is -0.384. The summed E-state index contributed by atoms with van der Waals surface area (Å²) >= 11 is 6.29. The van der Waals surface area contributed by atoms with Crippen LogP contribution >= 0.6 is 11.6 Å². The fourth-order valence-electron chi connectivity index (χ4n) is 2.28. The van der Waals surface area contributed by atoms with Crippen molar-refractivity contribution in [1.29, 1.82) is 5.26 Å². The molecule has 0 aliphatic rings. The van der Waals surface area contributed by atoms with Gasteiger partial charge in [0.15, 0.2) is 11.5 Å². The second-order valence-electron chi connectivity index (χ2n) is 5.36. The number of benzene rings is 2. The summed E-state index contributed by atoms with van der Waals surface area (Å²) in [6.45, 7) is 2.50. The summed E-state index contributed by atoms with van der Waals surface area (Å²) in [5, 5.41) is 20.6. The summed E-state index contributed by atoms with van der Waals surface area (Å²) < 4.78 is 10.9. The largest absolute Gasteiger partial charge is 0.493 e.